The Bertz CT molecular complexity index is 685. The summed E-state index contributed by atoms with van der Waals surface area (Å²) in [7, 11) is 0. The lowest BCUT2D eigenvalue weighted by atomic mass is 10.1. The fourth-order valence-corrected chi connectivity index (χ4v) is 2.12. The number of nitrogens with one attached hydrogen (secondary N) is 1. The lowest BCUT2D eigenvalue weighted by molar-refractivity contribution is -0.136. The Labute approximate surface area is 138 Å². The van der Waals surface area contributed by atoms with Crippen LogP contribution >= 0.6 is 11.6 Å². The molecule has 0 spiro atoms. The second-order valence-corrected chi connectivity index (χ2v) is 5.28. The van der Waals surface area contributed by atoms with Crippen LogP contribution in [0.2, 0.25) is 5.02 Å². The highest BCUT2D eigenvalue weighted by Gasteiger charge is 2.05. The molecule has 0 aliphatic rings. The second-order valence-electron chi connectivity index (χ2n) is 4.87. The maximum atomic E-state index is 11.8. The maximum absolute atomic E-state index is 11.8. The molecule has 23 heavy (non-hydrogen) atoms. The van der Waals surface area contributed by atoms with Gasteiger partial charge in [-0.05, 0) is 29.3 Å². The zero-order chi connectivity index (χ0) is 16.7. The molecular weight excluding hydrogens is 318 g/mol. The molecule has 0 aromatic heterocycles. The zero-order valence-electron chi connectivity index (χ0n) is 12.3. The Hall–Kier alpha value is -2.53. The van der Waals surface area contributed by atoms with Gasteiger partial charge in [0.05, 0.1) is 6.42 Å². The zero-order valence-corrected chi connectivity index (χ0v) is 13.0. The standard InChI is InChI=1S/C17H16ClNO4/c18-15-4-2-1-3-13(15)10-19-16(20)11-23-14-7-5-12(6-8-14)9-17(21)22/h1-8H,9-11H2,(H,19,20)(H,21,22). The third kappa shape index (κ3) is 5.64. The van der Waals surface area contributed by atoms with E-state index in [4.69, 9.17) is 21.4 Å². The summed E-state index contributed by atoms with van der Waals surface area (Å²) in [5, 5.41) is 12.0. The molecule has 0 unspecified atom stereocenters. The van der Waals surface area contributed by atoms with Gasteiger partial charge >= 0.3 is 5.97 Å². The van der Waals surface area contributed by atoms with E-state index in [0.717, 1.165) is 5.56 Å². The molecule has 0 aliphatic carbocycles. The number of benzene rings is 2. The van der Waals surface area contributed by atoms with Crippen LogP contribution in [-0.2, 0) is 22.6 Å². The van der Waals surface area contributed by atoms with Crippen LogP contribution in [0.1, 0.15) is 11.1 Å². The van der Waals surface area contributed by atoms with Crippen LogP contribution in [0.15, 0.2) is 48.5 Å². The Morgan fingerprint density at radius 2 is 1.78 bits per heavy atom. The number of aliphatic carboxylic acids is 1. The van der Waals surface area contributed by atoms with Crippen LogP contribution in [0.25, 0.3) is 0 Å². The van der Waals surface area contributed by atoms with Crippen molar-refractivity contribution in [3.05, 3.63) is 64.7 Å². The smallest absolute Gasteiger partial charge is 0.307 e. The van der Waals surface area contributed by atoms with E-state index in [0.29, 0.717) is 22.9 Å². The highest BCUT2D eigenvalue weighted by molar-refractivity contribution is 6.31. The number of carboxylic acids is 1. The molecule has 2 aromatic carbocycles. The van der Waals surface area contributed by atoms with E-state index in [-0.39, 0.29) is 18.9 Å². The van der Waals surface area contributed by atoms with Gasteiger partial charge in [0.15, 0.2) is 6.61 Å². The van der Waals surface area contributed by atoms with Crippen molar-refractivity contribution in [1.82, 2.24) is 5.32 Å². The van der Waals surface area contributed by atoms with Crippen LogP contribution in [0.3, 0.4) is 0 Å². The first-order valence-electron chi connectivity index (χ1n) is 6.98. The van der Waals surface area contributed by atoms with Crippen molar-refractivity contribution in [2.24, 2.45) is 0 Å². The summed E-state index contributed by atoms with van der Waals surface area (Å²) < 4.78 is 5.35. The van der Waals surface area contributed by atoms with Crippen LogP contribution in [0.4, 0.5) is 0 Å². The molecule has 0 saturated carbocycles. The van der Waals surface area contributed by atoms with Crippen LogP contribution < -0.4 is 10.1 Å². The van der Waals surface area contributed by atoms with Crippen molar-refractivity contribution in [1.29, 1.82) is 0 Å². The molecule has 0 atom stereocenters. The van der Waals surface area contributed by atoms with Crippen molar-refractivity contribution in [2.45, 2.75) is 13.0 Å². The normalized spacial score (nSPS) is 10.1. The van der Waals surface area contributed by atoms with Gasteiger partial charge in [0.1, 0.15) is 5.75 Å². The summed E-state index contributed by atoms with van der Waals surface area (Å²) in [4.78, 5) is 22.3. The number of hydrogen-bond donors (Lipinski definition) is 2. The number of amides is 1. The summed E-state index contributed by atoms with van der Waals surface area (Å²) in [6.45, 7) is 0.210. The number of ether oxygens (including phenoxy) is 1. The minimum Gasteiger partial charge on any atom is -0.484 e. The molecule has 0 bridgehead atoms. The fraction of sp³-hybridized carbons (Fsp3) is 0.176. The molecule has 1 amide bonds. The molecule has 120 valence electrons. The minimum absolute atomic E-state index is 0.0431. The summed E-state index contributed by atoms with van der Waals surface area (Å²) >= 11 is 6.01. The van der Waals surface area contributed by atoms with Crippen molar-refractivity contribution in [2.75, 3.05) is 6.61 Å². The number of hydrogen-bond acceptors (Lipinski definition) is 3. The number of carbonyl (C=O) groups excluding carboxylic acids is 1. The third-order valence-corrected chi connectivity index (χ3v) is 3.45. The lowest BCUT2D eigenvalue weighted by Gasteiger charge is -2.09. The van der Waals surface area contributed by atoms with Crippen molar-refractivity contribution in [3.8, 4) is 5.75 Å². The summed E-state index contributed by atoms with van der Waals surface area (Å²) in [5.41, 5.74) is 1.51. The number of rotatable bonds is 7. The van der Waals surface area contributed by atoms with E-state index in [1.807, 2.05) is 18.2 Å². The summed E-state index contributed by atoms with van der Waals surface area (Å²) in [5.74, 6) is -0.649. The van der Waals surface area contributed by atoms with Gasteiger partial charge in [0.2, 0.25) is 0 Å². The minimum atomic E-state index is -0.891. The van der Waals surface area contributed by atoms with Crippen molar-refractivity contribution < 1.29 is 19.4 Å². The average molecular weight is 334 g/mol. The van der Waals surface area contributed by atoms with E-state index in [2.05, 4.69) is 5.32 Å². The van der Waals surface area contributed by atoms with E-state index >= 15 is 0 Å². The van der Waals surface area contributed by atoms with Crippen molar-refractivity contribution in [3.63, 3.8) is 0 Å². The SMILES string of the molecule is O=C(O)Cc1ccc(OCC(=O)NCc2ccccc2Cl)cc1. The largest absolute Gasteiger partial charge is 0.484 e. The lowest BCUT2D eigenvalue weighted by Crippen LogP contribution is -2.28. The van der Waals surface area contributed by atoms with E-state index in [1.165, 1.54) is 0 Å². The van der Waals surface area contributed by atoms with Gasteiger partial charge < -0.3 is 15.2 Å². The average Bonchev–Trinajstić information content (AvgIpc) is 2.53. The van der Waals surface area contributed by atoms with Gasteiger partial charge in [-0.25, -0.2) is 0 Å². The molecule has 0 fully saturated rings. The third-order valence-electron chi connectivity index (χ3n) is 3.08. The van der Waals surface area contributed by atoms with E-state index < -0.39 is 5.97 Å². The monoisotopic (exact) mass is 333 g/mol. The Balaban J connectivity index is 1.78. The highest BCUT2D eigenvalue weighted by Crippen LogP contribution is 2.14. The van der Waals surface area contributed by atoms with Gasteiger partial charge in [-0.2, -0.15) is 0 Å². The van der Waals surface area contributed by atoms with Gasteiger partial charge in [0.25, 0.3) is 5.91 Å². The summed E-state index contributed by atoms with van der Waals surface area (Å²) in [6, 6.07) is 13.9. The van der Waals surface area contributed by atoms with Gasteiger partial charge in [0, 0.05) is 11.6 Å². The molecule has 2 rings (SSSR count). The molecular formula is C17H16ClNO4. The summed E-state index contributed by atoms with van der Waals surface area (Å²) in [6.07, 6.45) is -0.0431. The fourth-order valence-electron chi connectivity index (χ4n) is 1.91. The first-order chi connectivity index (χ1) is 11.0. The van der Waals surface area contributed by atoms with Gasteiger partial charge in [-0.1, -0.05) is 41.9 Å². The van der Waals surface area contributed by atoms with E-state index in [9.17, 15) is 9.59 Å². The predicted octanol–water partition coefficient (Wildman–Crippen LogP) is 2.66. The second kappa shape index (κ2) is 8.19. The molecule has 2 N–H and O–H groups in total. The van der Waals surface area contributed by atoms with Crippen molar-refractivity contribution >= 4 is 23.5 Å². The Kier molecular flexibility index (Phi) is 6.00. The van der Waals surface area contributed by atoms with Gasteiger partial charge in [-0.3, -0.25) is 9.59 Å². The topological polar surface area (TPSA) is 75.6 Å². The predicted molar refractivity (Wildman–Crippen MR) is 86.6 cm³/mol. The Morgan fingerprint density at radius 1 is 1.09 bits per heavy atom. The van der Waals surface area contributed by atoms with Crippen LogP contribution in [-0.4, -0.2) is 23.6 Å². The van der Waals surface area contributed by atoms with Crippen LogP contribution in [0, 0.1) is 0 Å². The molecule has 0 radical (unpaired) electrons. The highest BCUT2D eigenvalue weighted by atomic mass is 35.5. The molecule has 6 heteroatoms. The van der Waals surface area contributed by atoms with E-state index in [1.54, 1.807) is 30.3 Å². The number of carboxylic acid groups (broad SMARTS) is 1. The van der Waals surface area contributed by atoms with Gasteiger partial charge in [-0.15, -0.1) is 0 Å². The first kappa shape index (κ1) is 16.8. The maximum Gasteiger partial charge on any atom is 0.307 e. The first-order valence-corrected chi connectivity index (χ1v) is 7.36. The number of carbonyl (C=O) groups is 2. The molecule has 5 nitrogen and oxygen atoms in total. The number of halogens is 1. The molecule has 0 saturated heterocycles. The molecule has 0 heterocycles. The quantitative estimate of drug-likeness (QED) is 0.816. The van der Waals surface area contributed by atoms with Crippen LogP contribution in [0.5, 0.6) is 5.75 Å². The molecule has 0 aliphatic heterocycles. The molecule has 2 aromatic rings. The Morgan fingerprint density at radius 3 is 2.43 bits per heavy atom.